The van der Waals surface area contributed by atoms with Gasteiger partial charge in [0.25, 0.3) is 0 Å². The Morgan fingerprint density at radius 1 is 1.03 bits per heavy atom. The minimum Gasteiger partial charge on any atom is -0.493 e. The average Bonchev–Trinajstić information content (AvgIpc) is 2.84. The van der Waals surface area contributed by atoms with Gasteiger partial charge in [-0.15, -0.1) is 0 Å². The molecule has 0 aliphatic carbocycles. The maximum absolute atomic E-state index is 13.4. The highest BCUT2D eigenvalue weighted by molar-refractivity contribution is 9.10. The Morgan fingerprint density at radius 2 is 1.73 bits per heavy atom. The number of amides is 1. The van der Waals surface area contributed by atoms with Crippen molar-refractivity contribution in [1.29, 1.82) is 0 Å². The third-order valence-electron chi connectivity index (χ3n) is 6.26. The van der Waals surface area contributed by atoms with Crippen LogP contribution in [-0.4, -0.2) is 69.5 Å². The van der Waals surface area contributed by atoms with E-state index in [1.165, 1.54) is 4.31 Å². The van der Waals surface area contributed by atoms with E-state index < -0.39 is 15.4 Å². The van der Waals surface area contributed by atoms with Crippen LogP contribution in [0.4, 0.5) is 0 Å². The minimum atomic E-state index is -3.68. The summed E-state index contributed by atoms with van der Waals surface area (Å²) in [5.41, 5.74) is -0.605. The van der Waals surface area contributed by atoms with Gasteiger partial charge in [0, 0.05) is 42.5 Å². The number of carbonyl (C=O) groups is 1. The van der Waals surface area contributed by atoms with E-state index in [2.05, 4.69) is 15.9 Å². The molecule has 2 heterocycles. The van der Waals surface area contributed by atoms with Crippen molar-refractivity contribution in [2.24, 2.45) is 5.41 Å². The van der Waals surface area contributed by atoms with Crippen molar-refractivity contribution in [3.8, 4) is 5.75 Å². The lowest BCUT2D eigenvalue weighted by Gasteiger charge is -2.42. The molecule has 33 heavy (non-hydrogen) atoms. The molecule has 7 nitrogen and oxygen atoms in total. The zero-order chi connectivity index (χ0) is 23.3. The van der Waals surface area contributed by atoms with Gasteiger partial charge in [0.05, 0.1) is 24.7 Å². The fourth-order valence-electron chi connectivity index (χ4n) is 4.44. The normalized spacial score (nSPS) is 22.2. The van der Waals surface area contributed by atoms with Gasteiger partial charge in [-0.05, 0) is 49.2 Å². The minimum absolute atomic E-state index is 0.0258. The number of para-hydroxylation sites is 1. The van der Waals surface area contributed by atoms with Gasteiger partial charge in [0.1, 0.15) is 5.75 Å². The topological polar surface area (TPSA) is 76.2 Å². The van der Waals surface area contributed by atoms with Crippen LogP contribution in [0.15, 0.2) is 64.0 Å². The first kappa shape index (κ1) is 24.2. The largest absolute Gasteiger partial charge is 0.493 e. The molecule has 0 aromatic heterocycles. The van der Waals surface area contributed by atoms with Crippen LogP contribution in [0.25, 0.3) is 0 Å². The molecule has 2 aromatic rings. The summed E-state index contributed by atoms with van der Waals surface area (Å²) in [6, 6.07) is 16.1. The van der Waals surface area contributed by atoms with Gasteiger partial charge in [-0.2, -0.15) is 4.31 Å². The number of halogens is 1. The second kappa shape index (κ2) is 10.5. The number of hydrogen-bond donors (Lipinski definition) is 0. The number of nitrogens with zero attached hydrogens (tertiary/aromatic N) is 2. The van der Waals surface area contributed by atoms with Crippen LogP contribution in [0.5, 0.6) is 5.75 Å². The molecule has 2 aliphatic rings. The molecule has 178 valence electrons. The third kappa shape index (κ3) is 5.95. The second-order valence-corrected chi connectivity index (χ2v) is 11.5. The predicted molar refractivity (Wildman–Crippen MR) is 129 cm³/mol. The highest BCUT2D eigenvalue weighted by atomic mass is 79.9. The molecule has 0 saturated carbocycles. The Bertz CT molecular complexity index is 1040. The maximum atomic E-state index is 13.4. The van der Waals surface area contributed by atoms with Crippen molar-refractivity contribution in [2.45, 2.75) is 24.2 Å². The van der Waals surface area contributed by atoms with Crippen LogP contribution in [0.1, 0.15) is 19.3 Å². The Hall–Kier alpha value is -1.94. The van der Waals surface area contributed by atoms with E-state index in [-0.39, 0.29) is 30.4 Å². The van der Waals surface area contributed by atoms with E-state index in [0.717, 1.165) is 10.9 Å². The van der Waals surface area contributed by atoms with Gasteiger partial charge in [0.2, 0.25) is 15.9 Å². The molecule has 1 amide bonds. The lowest BCUT2D eigenvalue weighted by Crippen LogP contribution is -2.51. The average molecular weight is 537 g/mol. The highest BCUT2D eigenvalue weighted by Gasteiger charge is 2.43. The van der Waals surface area contributed by atoms with E-state index in [4.69, 9.17) is 9.47 Å². The van der Waals surface area contributed by atoms with Gasteiger partial charge in [-0.3, -0.25) is 4.79 Å². The van der Waals surface area contributed by atoms with Gasteiger partial charge >= 0.3 is 0 Å². The lowest BCUT2D eigenvalue weighted by molar-refractivity contribution is -0.139. The smallest absolute Gasteiger partial charge is 0.243 e. The van der Waals surface area contributed by atoms with E-state index in [1.807, 2.05) is 35.2 Å². The van der Waals surface area contributed by atoms with Crippen molar-refractivity contribution >= 4 is 31.9 Å². The molecule has 0 bridgehead atoms. The first-order chi connectivity index (χ1) is 15.9. The first-order valence-electron chi connectivity index (χ1n) is 11.2. The van der Waals surface area contributed by atoms with Gasteiger partial charge in [0.15, 0.2) is 0 Å². The lowest BCUT2D eigenvalue weighted by atomic mass is 9.78. The molecule has 9 heteroatoms. The zero-order valence-corrected chi connectivity index (χ0v) is 20.9. The molecule has 0 unspecified atom stereocenters. The number of ether oxygens (including phenoxy) is 2. The molecule has 2 aliphatic heterocycles. The molecule has 0 spiro atoms. The molecular formula is C24H29BrN2O5S. The summed E-state index contributed by atoms with van der Waals surface area (Å²) in [4.78, 5) is 15.3. The van der Waals surface area contributed by atoms with Crippen molar-refractivity contribution < 1.29 is 22.7 Å². The Balaban J connectivity index is 1.57. The number of benzene rings is 2. The fraction of sp³-hybridized carbons (Fsp3) is 0.458. The number of carbonyl (C=O) groups excluding carboxylic acids is 1. The zero-order valence-electron chi connectivity index (χ0n) is 18.5. The molecule has 0 N–H and O–H groups in total. The number of morpholine rings is 1. The number of sulfonamides is 1. The van der Waals surface area contributed by atoms with Crippen LogP contribution in [0, 0.1) is 5.41 Å². The van der Waals surface area contributed by atoms with Crippen LogP contribution < -0.4 is 4.74 Å². The molecule has 0 radical (unpaired) electrons. The Kier molecular flexibility index (Phi) is 7.73. The molecular weight excluding hydrogens is 508 g/mol. The maximum Gasteiger partial charge on any atom is 0.243 e. The first-order valence-corrected chi connectivity index (χ1v) is 13.4. The van der Waals surface area contributed by atoms with Crippen molar-refractivity contribution in [3.63, 3.8) is 0 Å². The predicted octanol–water partition coefficient (Wildman–Crippen LogP) is 3.55. The molecule has 1 atom stereocenters. The summed E-state index contributed by atoms with van der Waals surface area (Å²) in [7, 11) is -3.68. The van der Waals surface area contributed by atoms with E-state index in [9.17, 15) is 13.2 Å². The third-order valence-corrected chi connectivity index (χ3v) is 8.64. The monoisotopic (exact) mass is 536 g/mol. The summed E-state index contributed by atoms with van der Waals surface area (Å²) >= 11 is 3.36. The van der Waals surface area contributed by atoms with E-state index >= 15 is 0 Å². The molecule has 2 aromatic carbocycles. The van der Waals surface area contributed by atoms with E-state index in [0.29, 0.717) is 45.0 Å². The number of hydrogen-bond acceptors (Lipinski definition) is 5. The molecule has 2 saturated heterocycles. The number of rotatable bonds is 7. The highest BCUT2D eigenvalue weighted by Crippen LogP contribution is 2.37. The number of piperidine rings is 1. The van der Waals surface area contributed by atoms with Crippen molar-refractivity contribution in [2.75, 3.05) is 46.0 Å². The molecule has 2 fully saturated rings. The van der Waals surface area contributed by atoms with Crippen LogP contribution >= 0.6 is 15.9 Å². The van der Waals surface area contributed by atoms with Crippen LogP contribution in [0.2, 0.25) is 0 Å². The second-order valence-electron chi connectivity index (χ2n) is 8.67. The van der Waals surface area contributed by atoms with Crippen molar-refractivity contribution in [3.05, 3.63) is 59.1 Å². The van der Waals surface area contributed by atoms with Crippen LogP contribution in [-0.2, 0) is 19.6 Å². The molecule has 4 rings (SSSR count). The summed E-state index contributed by atoms with van der Waals surface area (Å²) < 4.78 is 40.6. The van der Waals surface area contributed by atoms with Crippen LogP contribution in [0.3, 0.4) is 0 Å². The Morgan fingerprint density at radius 3 is 2.42 bits per heavy atom. The summed E-state index contributed by atoms with van der Waals surface area (Å²) in [6.07, 6.45) is 1.64. The van der Waals surface area contributed by atoms with E-state index in [1.54, 1.807) is 24.3 Å². The quantitative estimate of drug-likeness (QED) is 0.540. The van der Waals surface area contributed by atoms with Gasteiger partial charge < -0.3 is 14.4 Å². The standard InChI is InChI=1S/C24H29BrN2O5S/c25-20-7-9-22(10-8-20)33(29,30)27-12-4-11-24(18-27,19-32-21-5-2-1-3-6-21)17-23(28)26-13-15-31-16-14-26/h1-3,5-10H,4,11-19H2/t24-/m0/s1. The summed E-state index contributed by atoms with van der Waals surface area (Å²) in [5.74, 6) is 0.737. The SMILES string of the molecule is O=C(C[C@@]1(COc2ccccc2)CCCN(S(=O)(=O)c2ccc(Br)cc2)C1)N1CCOCC1. The van der Waals surface area contributed by atoms with Crippen molar-refractivity contribution in [1.82, 2.24) is 9.21 Å². The summed E-state index contributed by atoms with van der Waals surface area (Å²) in [5, 5.41) is 0. The van der Waals surface area contributed by atoms with Gasteiger partial charge in [-0.25, -0.2) is 8.42 Å². The fourth-order valence-corrected chi connectivity index (χ4v) is 6.29. The van der Waals surface area contributed by atoms with Gasteiger partial charge in [-0.1, -0.05) is 34.1 Å². The summed E-state index contributed by atoms with van der Waals surface area (Å²) in [6.45, 7) is 3.14. The Labute approximate surface area is 203 Å².